The molecule has 0 aromatic rings. The summed E-state index contributed by atoms with van der Waals surface area (Å²) in [4.78, 5) is 0. The lowest BCUT2D eigenvalue weighted by Gasteiger charge is -2.47. The molecule has 0 aromatic heterocycles. The number of hydrogen-bond acceptors (Lipinski definition) is 1. The van der Waals surface area contributed by atoms with Crippen molar-refractivity contribution in [1.29, 1.82) is 5.26 Å². The zero-order valence-corrected chi connectivity index (χ0v) is 18.4. The van der Waals surface area contributed by atoms with Crippen molar-refractivity contribution in [3.8, 4) is 6.07 Å². The van der Waals surface area contributed by atoms with Crippen molar-refractivity contribution >= 4 is 0 Å². The van der Waals surface area contributed by atoms with Gasteiger partial charge < -0.3 is 0 Å². The van der Waals surface area contributed by atoms with E-state index in [0.717, 1.165) is 29.6 Å². The van der Waals surface area contributed by atoms with Gasteiger partial charge in [-0.25, -0.2) is 0 Å². The first kappa shape index (κ1) is 21.2. The Morgan fingerprint density at radius 2 is 1.44 bits per heavy atom. The van der Waals surface area contributed by atoms with Crippen molar-refractivity contribution in [3.05, 3.63) is 0 Å². The molecule has 1 heteroatoms. The molecular formula is C26H45N. The fourth-order valence-corrected chi connectivity index (χ4v) is 7.02. The third-order valence-corrected chi connectivity index (χ3v) is 8.85. The van der Waals surface area contributed by atoms with Gasteiger partial charge in [-0.1, -0.05) is 65.2 Å². The SMILES string of the molecule is CCCCC[C@]1(C#N)CC[C@@H]2C[C@@H](C3CCC(CCCC)CC3)CC[C@@H]2C1. The fourth-order valence-electron chi connectivity index (χ4n) is 7.02. The highest BCUT2D eigenvalue weighted by atomic mass is 14.5. The first-order valence-corrected chi connectivity index (χ1v) is 12.6. The molecule has 0 amide bonds. The summed E-state index contributed by atoms with van der Waals surface area (Å²) >= 11 is 0. The smallest absolute Gasteiger partial charge is 0.0689 e. The van der Waals surface area contributed by atoms with Gasteiger partial charge in [0, 0.05) is 0 Å². The van der Waals surface area contributed by atoms with Gasteiger partial charge in [-0.05, 0) is 87.4 Å². The highest BCUT2D eigenvalue weighted by Gasteiger charge is 2.44. The Morgan fingerprint density at radius 1 is 0.778 bits per heavy atom. The molecule has 3 rings (SSSR count). The van der Waals surface area contributed by atoms with Gasteiger partial charge in [0.25, 0.3) is 0 Å². The molecule has 0 aliphatic heterocycles. The zero-order valence-electron chi connectivity index (χ0n) is 18.4. The summed E-state index contributed by atoms with van der Waals surface area (Å²) in [7, 11) is 0. The monoisotopic (exact) mass is 371 g/mol. The van der Waals surface area contributed by atoms with Gasteiger partial charge in [0.2, 0.25) is 0 Å². The predicted octanol–water partition coefficient (Wildman–Crippen LogP) is 8.29. The van der Waals surface area contributed by atoms with Crippen molar-refractivity contribution in [2.75, 3.05) is 0 Å². The Bertz CT molecular complexity index is 469. The van der Waals surface area contributed by atoms with Crippen molar-refractivity contribution in [3.63, 3.8) is 0 Å². The summed E-state index contributed by atoms with van der Waals surface area (Å²) in [6, 6.07) is 2.81. The summed E-state index contributed by atoms with van der Waals surface area (Å²) in [5, 5.41) is 9.92. The quantitative estimate of drug-likeness (QED) is 0.394. The lowest BCUT2D eigenvalue weighted by molar-refractivity contribution is 0.0378. The van der Waals surface area contributed by atoms with E-state index in [1.807, 2.05) is 0 Å². The van der Waals surface area contributed by atoms with E-state index in [-0.39, 0.29) is 5.41 Å². The third-order valence-electron chi connectivity index (χ3n) is 8.85. The number of unbranched alkanes of at least 4 members (excludes halogenated alkanes) is 3. The van der Waals surface area contributed by atoms with E-state index in [1.165, 1.54) is 109 Å². The molecule has 3 aliphatic rings. The van der Waals surface area contributed by atoms with Crippen LogP contribution in [0, 0.1) is 46.3 Å². The van der Waals surface area contributed by atoms with Crippen LogP contribution in [0.3, 0.4) is 0 Å². The molecule has 3 fully saturated rings. The molecule has 0 saturated heterocycles. The Morgan fingerprint density at radius 3 is 2.15 bits per heavy atom. The second-order valence-corrected chi connectivity index (χ2v) is 10.6. The lowest BCUT2D eigenvalue weighted by Crippen LogP contribution is -2.38. The Kier molecular flexibility index (Phi) is 8.10. The molecule has 0 N–H and O–H groups in total. The van der Waals surface area contributed by atoms with E-state index >= 15 is 0 Å². The minimum atomic E-state index is 0.0422. The van der Waals surface area contributed by atoms with E-state index in [0.29, 0.717) is 0 Å². The molecule has 154 valence electrons. The molecule has 0 heterocycles. The maximum atomic E-state index is 9.92. The standard InChI is InChI=1S/C26H45N/c1-3-5-7-16-26(20-27)17-15-24-18-23(13-14-25(24)19-26)22-11-9-21(10-12-22)8-6-4-2/h21-25H,3-19H2,1-2H3/t21?,22?,23-,24+,25+,26-/m0/s1. The molecule has 3 aliphatic carbocycles. The van der Waals surface area contributed by atoms with Crippen LogP contribution in [0.2, 0.25) is 0 Å². The van der Waals surface area contributed by atoms with Crippen molar-refractivity contribution in [2.24, 2.45) is 35.0 Å². The Hall–Kier alpha value is -0.510. The molecule has 0 spiro atoms. The number of rotatable bonds is 8. The number of nitrogens with zero attached hydrogens (tertiary/aromatic N) is 1. The number of hydrogen-bond donors (Lipinski definition) is 0. The average molecular weight is 372 g/mol. The fraction of sp³-hybridized carbons (Fsp3) is 0.962. The first-order chi connectivity index (χ1) is 13.2. The topological polar surface area (TPSA) is 23.8 Å². The van der Waals surface area contributed by atoms with Crippen LogP contribution >= 0.6 is 0 Å². The van der Waals surface area contributed by atoms with Crippen LogP contribution in [0.4, 0.5) is 0 Å². The van der Waals surface area contributed by atoms with Crippen LogP contribution in [-0.4, -0.2) is 0 Å². The zero-order chi connectivity index (χ0) is 19.1. The van der Waals surface area contributed by atoms with Gasteiger partial charge in [-0.3, -0.25) is 0 Å². The van der Waals surface area contributed by atoms with Gasteiger partial charge in [0.05, 0.1) is 11.5 Å². The maximum absolute atomic E-state index is 9.92. The summed E-state index contributed by atoms with van der Waals surface area (Å²) in [5.74, 6) is 4.93. The highest BCUT2D eigenvalue weighted by Crippen LogP contribution is 2.53. The summed E-state index contributed by atoms with van der Waals surface area (Å²) < 4.78 is 0. The van der Waals surface area contributed by atoms with Crippen LogP contribution in [-0.2, 0) is 0 Å². The molecule has 0 radical (unpaired) electrons. The summed E-state index contributed by atoms with van der Waals surface area (Å²) in [6.07, 6.45) is 23.6. The van der Waals surface area contributed by atoms with Gasteiger partial charge in [-0.2, -0.15) is 5.26 Å². The average Bonchev–Trinajstić information content (AvgIpc) is 2.72. The van der Waals surface area contributed by atoms with Gasteiger partial charge >= 0.3 is 0 Å². The largest absolute Gasteiger partial charge is 0.198 e. The minimum absolute atomic E-state index is 0.0422. The van der Waals surface area contributed by atoms with Crippen molar-refractivity contribution in [2.45, 2.75) is 123 Å². The van der Waals surface area contributed by atoms with Gasteiger partial charge in [0.15, 0.2) is 0 Å². The maximum Gasteiger partial charge on any atom is 0.0689 e. The molecule has 4 atom stereocenters. The summed E-state index contributed by atoms with van der Waals surface area (Å²) in [6.45, 7) is 4.60. The third kappa shape index (κ3) is 5.52. The van der Waals surface area contributed by atoms with E-state index in [9.17, 15) is 5.26 Å². The molecule has 27 heavy (non-hydrogen) atoms. The highest BCUT2D eigenvalue weighted by molar-refractivity contribution is 5.04. The Labute approximate surface area is 169 Å². The van der Waals surface area contributed by atoms with E-state index in [2.05, 4.69) is 19.9 Å². The van der Waals surface area contributed by atoms with Gasteiger partial charge in [-0.15, -0.1) is 0 Å². The normalized spacial score (nSPS) is 39.5. The van der Waals surface area contributed by atoms with Crippen molar-refractivity contribution < 1.29 is 0 Å². The molecule has 0 aromatic carbocycles. The van der Waals surface area contributed by atoms with Crippen LogP contribution < -0.4 is 0 Å². The van der Waals surface area contributed by atoms with E-state index < -0.39 is 0 Å². The summed E-state index contributed by atoms with van der Waals surface area (Å²) in [5.41, 5.74) is 0.0422. The van der Waals surface area contributed by atoms with Crippen LogP contribution in [0.25, 0.3) is 0 Å². The predicted molar refractivity (Wildman–Crippen MR) is 115 cm³/mol. The second-order valence-electron chi connectivity index (χ2n) is 10.6. The molecule has 0 bridgehead atoms. The van der Waals surface area contributed by atoms with Crippen LogP contribution in [0.1, 0.15) is 123 Å². The van der Waals surface area contributed by atoms with Crippen molar-refractivity contribution in [1.82, 2.24) is 0 Å². The van der Waals surface area contributed by atoms with E-state index in [4.69, 9.17) is 0 Å². The molecule has 1 nitrogen and oxygen atoms in total. The van der Waals surface area contributed by atoms with E-state index in [1.54, 1.807) is 0 Å². The molecular weight excluding hydrogens is 326 g/mol. The second kappa shape index (κ2) is 10.3. The Balaban J connectivity index is 1.46. The van der Waals surface area contributed by atoms with Crippen LogP contribution in [0.15, 0.2) is 0 Å². The minimum Gasteiger partial charge on any atom is -0.198 e. The van der Waals surface area contributed by atoms with Gasteiger partial charge in [0.1, 0.15) is 0 Å². The lowest BCUT2D eigenvalue weighted by atomic mass is 9.57. The molecule has 3 saturated carbocycles. The molecule has 0 unspecified atom stereocenters. The first-order valence-electron chi connectivity index (χ1n) is 12.6. The van der Waals surface area contributed by atoms with Crippen LogP contribution in [0.5, 0.6) is 0 Å². The number of fused-ring (bicyclic) bond motifs is 1. The number of nitriles is 1.